The second-order valence-electron chi connectivity index (χ2n) is 7.88. The molecule has 4 amide bonds. The summed E-state index contributed by atoms with van der Waals surface area (Å²) in [7, 11) is 0. The maximum Gasteiger partial charge on any atom is 0.317 e. The minimum absolute atomic E-state index is 0.0299. The van der Waals surface area contributed by atoms with Crippen LogP contribution in [-0.2, 0) is 16.1 Å². The van der Waals surface area contributed by atoms with Crippen LogP contribution in [0.4, 0.5) is 4.79 Å². The van der Waals surface area contributed by atoms with Gasteiger partial charge in [0.05, 0.1) is 5.92 Å². The highest BCUT2D eigenvalue weighted by molar-refractivity contribution is 5.89. The van der Waals surface area contributed by atoms with Gasteiger partial charge in [0.2, 0.25) is 11.8 Å². The monoisotopic (exact) mass is 400 g/mol. The molecular weight excluding hydrogens is 368 g/mol. The number of benzene rings is 1. The maximum absolute atomic E-state index is 12.9. The first-order valence-corrected chi connectivity index (χ1v) is 10.7. The molecule has 0 radical (unpaired) electrons. The molecule has 2 heterocycles. The largest absolute Gasteiger partial charge is 0.342 e. The highest BCUT2D eigenvalue weighted by Gasteiger charge is 2.37. The second-order valence-corrected chi connectivity index (χ2v) is 7.88. The van der Waals surface area contributed by atoms with Crippen LogP contribution in [0, 0.1) is 5.92 Å². The Bertz CT molecular complexity index is 712. The number of hydrogen-bond donors (Lipinski definition) is 1. The number of nitrogens with zero attached hydrogens (tertiary/aromatic N) is 3. The van der Waals surface area contributed by atoms with Crippen LogP contribution in [0.3, 0.4) is 0 Å². The number of nitrogens with one attached hydrogen (secondary N) is 1. The van der Waals surface area contributed by atoms with Crippen LogP contribution >= 0.6 is 0 Å². The Hall–Kier alpha value is -2.57. The Balaban J connectivity index is 1.47. The van der Waals surface area contributed by atoms with Gasteiger partial charge in [0, 0.05) is 51.7 Å². The average molecular weight is 401 g/mol. The molecule has 0 aromatic heterocycles. The van der Waals surface area contributed by atoms with Crippen LogP contribution in [0.5, 0.6) is 0 Å². The van der Waals surface area contributed by atoms with Crippen molar-refractivity contribution in [2.45, 2.75) is 45.7 Å². The van der Waals surface area contributed by atoms with E-state index >= 15 is 0 Å². The molecule has 158 valence electrons. The molecule has 1 aromatic carbocycles. The van der Waals surface area contributed by atoms with Crippen LogP contribution in [0.25, 0.3) is 0 Å². The summed E-state index contributed by atoms with van der Waals surface area (Å²) in [5.74, 6) is -0.135. The van der Waals surface area contributed by atoms with Gasteiger partial charge in [-0.05, 0) is 32.3 Å². The normalized spacial score (nSPS) is 20.1. The third-order valence-corrected chi connectivity index (χ3v) is 5.96. The Morgan fingerprint density at radius 3 is 2.38 bits per heavy atom. The molecule has 2 aliphatic rings. The molecule has 2 fully saturated rings. The summed E-state index contributed by atoms with van der Waals surface area (Å²) in [5, 5.41) is 3.08. The first kappa shape index (κ1) is 21.1. The number of carbonyl (C=O) groups excluding carboxylic acids is 3. The minimum atomic E-state index is -0.256. The van der Waals surface area contributed by atoms with E-state index in [0.717, 1.165) is 18.4 Å². The molecule has 29 heavy (non-hydrogen) atoms. The van der Waals surface area contributed by atoms with E-state index in [1.54, 1.807) is 9.80 Å². The molecule has 1 atom stereocenters. The smallest absolute Gasteiger partial charge is 0.317 e. The van der Waals surface area contributed by atoms with Crippen molar-refractivity contribution >= 4 is 17.8 Å². The third-order valence-electron chi connectivity index (χ3n) is 5.96. The lowest BCUT2D eigenvalue weighted by atomic mass is 10.0. The predicted octanol–water partition coefficient (Wildman–Crippen LogP) is 2.08. The van der Waals surface area contributed by atoms with Gasteiger partial charge in [0.25, 0.3) is 0 Å². The van der Waals surface area contributed by atoms with Crippen LogP contribution in [0.1, 0.15) is 38.7 Å². The Morgan fingerprint density at radius 2 is 1.76 bits per heavy atom. The topological polar surface area (TPSA) is 73.0 Å². The van der Waals surface area contributed by atoms with Crippen LogP contribution in [0.15, 0.2) is 30.3 Å². The van der Waals surface area contributed by atoms with Gasteiger partial charge in [0.15, 0.2) is 0 Å². The van der Waals surface area contributed by atoms with Gasteiger partial charge < -0.3 is 20.0 Å². The molecule has 1 N–H and O–H groups in total. The number of amides is 4. The van der Waals surface area contributed by atoms with E-state index in [0.29, 0.717) is 45.7 Å². The van der Waals surface area contributed by atoms with Gasteiger partial charge in [-0.2, -0.15) is 0 Å². The lowest BCUT2D eigenvalue weighted by Gasteiger charge is -2.34. The Kier molecular flexibility index (Phi) is 7.12. The quantitative estimate of drug-likeness (QED) is 0.795. The van der Waals surface area contributed by atoms with Gasteiger partial charge >= 0.3 is 6.03 Å². The lowest BCUT2D eigenvalue weighted by Crippen LogP contribution is -2.51. The van der Waals surface area contributed by atoms with Crippen LogP contribution in [-0.4, -0.2) is 71.3 Å². The molecule has 3 rings (SSSR count). The summed E-state index contributed by atoms with van der Waals surface area (Å²) in [6.07, 6.45) is 1.81. The van der Waals surface area contributed by atoms with Gasteiger partial charge in [-0.15, -0.1) is 0 Å². The van der Waals surface area contributed by atoms with Crippen molar-refractivity contribution in [3.05, 3.63) is 35.9 Å². The third kappa shape index (κ3) is 5.28. The van der Waals surface area contributed by atoms with Crippen molar-refractivity contribution in [3.8, 4) is 0 Å². The number of carbonyl (C=O) groups is 3. The molecule has 1 unspecified atom stereocenters. The minimum Gasteiger partial charge on any atom is -0.342 e. The first-order chi connectivity index (χ1) is 14.0. The number of piperidine rings is 1. The molecule has 0 spiro atoms. The Labute approximate surface area is 173 Å². The van der Waals surface area contributed by atoms with Crippen LogP contribution < -0.4 is 5.32 Å². The van der Waals surface area contributed by atoms with Crippen molar-refractivity contribution < 1.29 is 14.4 Å². The molecule has 7 nitrogen and oxygen atoms in total. The molecule has 0 bridgehead atoms. The zero-order valence-corrected chi connectivity index (χ0v) is 17.5. The first-order valence-electron chi connectivity index (χ1n) is 10.7. The molecule has 2 saturated heterocycles. The van der Waals surface area contributed by atoms with Crippen molar-refractivity contribution in [1.29, 1.82) is 0 Å². The fraction of sp³-hybridized carbons (Fsp3) is 0.591. The molecule has 2 aliphatic heterocycles. The number of hydrogen-bond acceptors (Lipinski definition) is 3. The van der Waals surface area contributed by atoms with E-state index in [2.05, 4.69) is 5.32 Å². The van der Waals surface area contributed by atoms with E-state index < -0.39 is 0 Å². The van der Waals surface area contributed by atoms with Crippen molar-refractivity contribution in [2.24, 2.45) is 5.92 Å². The lowest BCUT2D eigenvalue weighted by molar-refractivity contribution is -0.136. The van der Waals surface area contributed by atoms with Crippen molar-refractivity contribution in [1.82, 2.24) is 20.0 Å². The summed E-state index contributed by atoms with van der Waals surface area (Å²) in [6.45, 7) is 7.62. The molecule has 0 aliphatic carbocycles. The Morgan fingerprint density at radius 1 is 1.10 bits per heavy atom. The predicted molar refractivity (Wildman–Crippen MR) is 111 cm³/mol. The summed E-state index contributed by atoms with van der Waals surface area (Å²) in [5.41, 5.74) is 1.08. The number of urea groups is 1. The zero-order valence-electron chi connectivity index (χ0n) is 17.5. The fourth-order valence-electron chi connectivity index (χ4n) is 4.17. The second kappa shape index (κ2) is 9.76. The summed E-state index contributed by atoms with van der Waals surface area (Å²) >= 11 is 0. The highest BCUT2D eigenvalue weighted by atomic mass is 16.2. The van der Waals surface area contributed by atoms with E-state index in [1.807, 2.05) is 49.1 Å². The van der Waals surface area contributed by atoms with Crippen molar-refractivity contribution in [2.75, 3.05) is 32.7 Å². The van der Waals surface area contributed by atoms with Gasteiger partial charge in [-0.3, -0.25) is 9.59 Å². The summed E-state index contributed by atoms with van der Waals surface area (Å²) in [4.78, 5) is 42.9. The average Bonchev–Trinajstić information content (AvgIpc) is 3.10. The fourth-order valence-corrected chi connectivity index (χ4v) is 4.17. The number of rotatable bonds is 6. The summed E-state index contributed by atoms with van der Waals surface area (Å²) in [6, 6.07) is 9.95. The molecule has 1 aromatic rings. The molecule has 7 heteroatoms. The number of likely N-dealkylation sites (tertiary alicyclic amines) is 2. The van der Waals surface area contributed by atoms with E-state index in [9.17, 15) is 14.4 Å². The van der Waals surface area contributed by atoms with E-state index in [-0.39, 0.29) is 29.8 Å². The maximum atomic E-state index is 12.9. The summed E-state index contributed by atoms with van der Waals surface area (Å²) < 4.78 is 0. The van der Waals surface area contributed by atoms with Gasteiger partial charge in [0.1, 0.15) is 0 Å². The highest BCUT2D eigenvalue weighted by Crippen LogP contribution is 2.24. The van der Waals surface area contributed by atoms with Gasteiger partial charge in [-0.1, -0.05) is 30.3 Å². The van der Waals surface area contributed by atoms with E-state index in [4.69, 9.17) is 0 Å². The van der Waals surface area contributed by atoms with E-state index in [1.165, 1.54) is 0 Å². The van der Waals surface area contributed by atoms with Crippen molar-refractivity contribution in [3.63, 3.8) is 0 Å². The molecule has 0 saturated carbocycles. The standard InChI is InChI=1S/C22H32N4O3/c1-3-24(4-2)22(29)23-19-10-12-25(13-11-19)21(28)18-14-20(27)26(16-18)15-17-8-6-5-7-9-17/h5-9,18-19H,3-4,10-16H2,1-2H3,(H,23,29). The zero-order chi connectivity index (χ0) is 20.8. The van der Waals surface area contributed by atoms with Gasteiger partial charge in [-0.25, -0.2) is 4.79 Å². The molecular formula is C22H32N4O3. The SMILES string of the molecule is CCN(CC)C(=O)NC1CCN(C(=O)C2CC(=O)N(Cc3ccccc3)C2)CC1. The van der Waals surface area contributed by atoms with Crippen LogP contribution in [0.2, 0.25) is 0 Å².